The van der Waals surface area contributed by atoms with Gasteiger partial charge in [-0.15, -0.1) is 11.3 Å². The topological polar surface area (TPSA) is 60.4 Å². The summed E-state index contributed by atoms with van der Waals surface area (Å²) in [5, 5.41) is 1.99. The second-order valence-corrected chi connectivity index (χ2v) is 6.51. The largest absolute Gasteiger partial charge is 0.325 e. The first-order valence-corrected chi connectivity index (χ1v) is 7.74. The summed E-state index contributed by atoms with van der Waals surface area (Å²) in [5.74, 6) is 0.218. The lowest BCUT2D eigenvalue weighted by Gasteiger charge is -2.32. The van der Waals surface area contributed by atoms with Gasteiger partial charge >= 0.3 is 0 Å². The number of carbonyl (C=O) groups is 1. The van der Waals surface area contributed by atoms with Gasteiger partial charge in [-0.2, -0.15) is 0 Å². The molecular formula is C14H19N3OS. The summed E-state index contributed by atoms with van der Waals surface area (Å²) in [5.41, 5.74) is 6.92. The van der Waals surface area contributed by atoms with Gasteiger partial charge in [-0.25, -0.2) is 4.98 Å². The van der Waals surface area contributed by atoms with Crippen molar-refractivity contribution in [2.24, 2.45) is 5.73 Å². The van der Waals surface area contributed by atoms with Crippen molar-refractivity contribution in [3.8, 4) is 0 Å². The second-order valence-electron chi connectivity index (χ2n) is 5.64. The molecule has 1 aliphatic carbocycles. The average Bonchev–Trinajstić information content (AvgIpc) is 2.89. The molecule has 2 N–H and O–H groups in total. The van der Waals surface area contributed by atoms with E-state index in [-0.39, 0.29) is 11.3 Å². The van der Waals surface area contributed by atoms with Gasteiger partial charge < -0.3 is 5.73 Å². The molecule has 4 nitrogen and oxygen atoms in total. The van der Waals surface area contributed by atoms with Crippen molar-refractivity contribution in [1.82, 2.24) is 9.38 Å². The summed E-state index contributed by atoms with van der Waals surface area (Å²) in [6.45, 7) is 0. The van der Waals surface area contributed by atoms with Crippen molar-refractivity contribution >= 4 is 22.1 Å². The lowest BCUT2D eigenvalue weighted by molar-refractivity contribution is -0.119. The van der Waals surface area contributed by atoms with Crippen LogP contribution in [-0.4, -0.2) is 20.7 Å². The van der Waals surface area contributed by atoms with Crippen molar-refractivity contribution in [2.75, 3.05) is 0 Å². The fraction of sp³-hybridized carbons (Fsp3) is 0.571. The maximum atomic E-state index is 12.2. The van der Waals surface area contributed by atoms with Crippen LogP contribution < -0.4 is 5.73 Å². The molecule has 2 heterocycles. The molecule has 0 bridgehead atoms. The van der Waals surface area contributed by atoms with Crippen LogP contribution in [0.25, 0.3) is 4.96 Å². The minimum Gasteiger partial charge on any atom is -0.325 e. The van der Waals surface area contributed by atoms with Crippen molar-refractivity contribution in [3.05, 3.63) is 23.5 Å². The van der Waals surface area contributed by atoms with E-state index in [1.165, 1.54) is 6.42 Å². The second kappa shape index (κ2) is 5.06. The molecule has 0 saturated heterocycles. The Kier molecular flexibility index (Phi) is 3.41. The van der Waals surface area contributed by atoms with Crippen molar-refractivity contribution in [3.63, 3.8) is 0 Å². The Balaban J connectivity index is 1.63. The Morgan fingerprint density at radius 1 is 1.42 bits per heavy atom. The van der Waals surface area contributed by atoms with Crippen molar-refractivity contribution < 1.29 is 4.79 Å². The predicted molar refractivity (Wildman–Crippen MR) is 76.4 cm³/mol. The SMILES string of the molecule is NC1(CC(=O)Cc2cn3ccsc3n2)CCCCC1. The van der Waals surface area contributed by atoms with Crippen molar-refractivity contribution in [2.45, 2.75) is 50.5 Å². The van der Waals surface area contributed by atoms with E-state index in [2.05, 4.69) is 4.98 Å². The van der Waals surface area contributed by atoms with E-state index in [0.717, 1.165) is 36.3 Å². The quantitative estimate of drug-likeness (QED) is 0.934. The number of carbonyl (C=O) groups excluding carboxylic acids is 1. The maximum Gasteiger partial charge on any atom is 0.193 e. The standard InChI is InChI=1S/C14H19N3OS/c15-14(4-2-1-3-5-14)9-12(18)8-11-10-17-6-7-19-13(17)16-11/h6-7,10H,1-5,8-9,15H2. The number of hydrogen-bond acceptors (Lipinski definition) is 4. The summed E-state index contributed by atoms with van der Waals surface area (Å²) < 4.78 is 1.96. The number of Topliss-reactive ketones (excluding diaryl/α,β-unsaturated/α-hetero) is 1. The number of aromatic nitrogens is 2. The zero-order chi connectivity index (χ0) is 13.3. The van der Waals surface area contributed by atoms with Crippen LogP contribution in [0.4, 0.5) is 0 Å². The molecule has 0 amide bonds. The number of nitrogens with zero attached hydrogens (tertiary/aromatic N) is 2. The number of nitrogens with two attached hydrogens (primary N) is 1. The number of imidazole rings is 1. The third-order valence-electron chi connectivity index (χ3n) is 3.92. The molecule has 102 valence electrons. The Morgan fingerprint density at radius 2 is 2.21 bits per heavy atom. The van der Waals surface area contributed by atoms with E-state index in [9.17, 15) is 4.79 Å². The first-order chi connectivity index (χ1) is 9.15. The third kappa shape index (κ3) is 2.87. The molecule has 0 unspecified atom stereocenters. The van der Waals surface area contributed by atoms with Gasteiger partial charge in [-0.1, -0.05) is 19.3 Å². The van der Waals surface area contributed by atoms with E-state index in [4.69, 9.17) is 5.73 Å². The van der Waals surface area contributed by atoms with Gasteiger partial charge in [0.05, 0.1) is 12.1 Å². The average molecular weight is 277 g/mol. The van der Waals surface area contributed by atoms with E-state index in [0.29, 0.717) is 12.8 Å². The Labute approximate surface area is 116 Å². The predicted octanol–water partition coefficient (Wildman–Crippen LogP) is 2.56. The number of thiazole rings is 1. The smallest absolute Gasteiger partial charge is 0.193 e. The highest BCUT2D eigenvalue weighted by atomic mass is 32.1. The highest BCUT2D eigenvalue weighted by molar-refractivity contribution is 7.15. The van der Waals surface area contributed by atoms with Crippen LogP contribution in [0.1, 0.15) is 44.2 Å². The Bertz CT molecular complexity index is 552. The van der Waals surface area contributed by atoms with Crippen LogP contribution >= 0.6 is 11.3 Å². The molecule has 2 aromatic rings. The molecule has 0 aromatic carbocycles. The minimum atomic E-state index is -0.257. The maximum absolute atomic E-state index is 12.2. The van der Waals surface area contributed by atoms with Crippen LogP contribution in [0.15, 0.2) is 17.8 Å². The highest BCUT2D eigenvalue weighted by Crippen LogP contribution is 2.29. The third-order valence-corrected chi connectivity index (χ3v) is 4.69. The van der Waals surface area contributed by atoms with Gasteiger partial charge in [-0.05, 0) is 12.8 Å². The first-order valence-electron chi connectivity index (χ1n) is 6.86. The lowest BCUT2D eigenvalue weighted by Crippen LogP contribution is -2.43. The summed E-state index contributed by atoms with van der Waals surface area (Å²) in [7, 11) is 0. The summed E-state index contributed by atoms with van der Waals surface area (Å²) in [4.78, 5) is 17.6. The Hall–Kier alpha value is -1.20. The van der Waals surface area contributed by atoms with Gasteiger partial charge in [0.2, 0.25) is 0 Å². The highest BCUT2D eigenvalue weighted by Gasteiger charge is 2.29. The monoisotopic (exact) mass is 277 g/mol. The molecule has 19 heavy (non-hydrogen) atoms. The number of ketones is 1. The van der Waals surface area contributed by atoms with E-state index >= 15 is 0 Å². The van der Waals surface area contributed by atoms with Crippen LogP contribution in [0, 0.1) is 0 Å². The van der Waals surface area contributed by atoms with E-state index in [1.807, 2.05) is 22.2 Å². The minimum absolute atomic E-state index is 0.218. The molecule has 0 atom stereocenters. The van der Waals surface area contributed by atoms with E-state index < -0.39 is 0 Å². The van der Waals surface area contributed by atoms with Crippen LogP contribution in [-0.2, 0) is 11.2 Å². The molecular weight excluding hydrogens is 258 g/mol. The van der Waals surface area contributed by atoms with E-state index in [1.54, 1.807) is 11.3 Å². The molecule has 1 saturated carbocycles. The summed E-state index contributed by atoms with van der Waals surface area (Å²) in [6.07, 6.45) is 10.3. The molecule has 1 aliphatic rings. The fourth-order valence-electron chi connectivity index (χ4n) is 2.95. The first kappa shape index (κ1) is 12.8. The van der Waals surface area contributed by atoms with Gasteiger partial charge in [-0.3, -0.25) is 9.20 Å². The fourth-order valence-corrected chi connectivity index (χ4v) is 3.67. The molecule has 5 heteroatoms. The van der Waals surface area contributed by atoms with Crippen molar-refractivity contribution in [1.29, 1.82) is 0 Å². The van der Waals surface area contributed by atoms with Crippen LogP contribution in [0.2, 0.25) is 0 Å². The zero-order valence-corrected chi connectivity index (χ0v) is 11.8. The molecule has 0 spiro atoms. The zero-order valence-electron chi connectivity index (χ0n) is 11.0. The summed E-state index contributed by atoms with van der Waals surface area (Å²) in [6, 6.07) is 0. The lowest BCUT2D eigenvalue weighted by atomic mass is 9.79. The molecule has 0 radical (unpaired) electrons. The summed E-state index contributed by atoms with van der Waals surface area (Å²) >= 11 is 1.59. The number of fused-ring (bicyclic) bond motifs is 1. The van der Waals surface area contributed by atoms with Crippen LogP contribution in [0.5, 0.6) is 0 Å². The molecule has 0 aliphatic heterocycles. The molecule has 2 aromatic heterocycles. The van der Waals surface area contributed by atoms with Gasteiger partial charge in [0.15, 0.2) is 4.96 Å². The van der Waals surface area contributed by atoms with Gasteiger partial charge in [0.25, 0.3) is 0 Å². The number of rotatable bonds is 4. The van der Waals surface area contributed by atoms with Gasteiger partial charge in [0.1, 0.15) is 5.78 Å². The number of hydrogen-bond donors (Lipinski definition) is 1. The van der Waals surface area contributed by atoms with Crippen LogP contribution in [0.3, 0.4) is 0 Å². The molecule has 1 fully saturated rings. The Morgan fingerprint density at radius 3 is 2.95 bits per heavy atom. The molecule has 3 rings (SSSR count). The van der Waals surface area contributed by atoms with Gasteiger partial charge in [0, 0.05) is 29.7 Å². The normalized spacial score (nSPS) is 18.8.